The highest BCUT2D eigenvalue weighted by atomic mass is 19.1. The summed E-state index contributed by atoms with van der Waals surface area (Å²) < 4.78 is 41.6. The number of rotatable bonds is 3. The highest BCUT2D eigenvalue weighted by Gasteiger charge is 2.50. The van der Waals surface area contributed by atoms with Crippen molar-refractivity contribution in [1.82, 2.24) is 10.2 Å². The lowest BCUT2D eigenvalue weighted by Gasteiger charge is -2.23. The minimum absolute atomic E-state index is 0.0106. The molecule has 1 N–H and O–H groups in total. The molecule has 132 valence electrons. The van der Waals surface area contributed by atoms with Crippen molar-refractivity contribution in [1.29, 1.82) is 5.26 Å². The van der Waals surface area contributed by atoms with Gasteiger partial charge in [0, 0.05) is 11.1 Å². The van der Waals surface area contributed by atoms with Crippen LogP contribution in [-0.4, -0.2) is 16.8 Å². The number of carbonyl (C=O) groups is 2. The Hall–Kier alpha value is -3.34. The van der Waals surface area contributed by atoms with E-state index in [2.05, 4.69) is 5.32 Å². The van der Waals surface area contributed by atoms with E-state index in [1.807, 2.05) is 0 Å². The van der Waals surface area contributed by atoms with Gasteiger partial charge in [0.05, 0.1) is 18.2 Å². The van der Waals surface area contributed by atoms with Crippen LogP contribution in [0.4, 0.5) is 18.0 Å². The third-order valence-corrected chi connectivity index (χ3v) is 4.25. The lowest BCUT2D eigenvalue weighted by Crippen LogP contribution is -2.41. The van der Waals surface area contributed by atoms with Crippen molar-refractivity contribution < 1.29 is 22.8 Å². The van der Waals surface area contributed by atoms with Gasteiger partial charge in [0.2, 0.25) is 0 Å². The molecule has 2 aromatic rings. The summed E-state index contributed by atoms with van der Waals surface area (Å²) in [4.78, 5) is 25.6. The summed E-state index contributed by atoms with van der Waals surface area (Å²) in [5, 5.41) is 11.1. The van der Waals surface area contributed by atoms with E-state index < -0.39 is 41.5 Å². The number of nitriles is 1. The first-order valence-corrected chi connectivity index (χ1v) is 7.54. The Balaban J connectivity index is 1.94. The lowest BCUT2D eigenvalue weighted by atomic mass is 9.91. The number of amides is 3. The van der Waals surface area contributed by atoms with Gasteiger partial charge in [-0.25, -0.2) is 18.0 Å². The maximum Gasteiger partial charge on any atom is 0.325 e. The van der Waals surface area contributed by atoms with Crippen molar-refractivity contribution >= 4 is 11.9 Å². The van der Waals surface area contributed by atoms with E-state index in [1.54, 1.807) is 6.07 Å². The fourth-order valence-electron chi connectivity index (χ4n) is 2.82. The quantitative estimate of drug-likeness (QED) is 0.857. The third-order valence-electron chi connectivity index (χ3n) is 4.25. The van der Waals surface area contributed by atoms with Gasteiger partial charge in [0.1, 0.15) is 23.0 Å². The molecule has 1 aliphatic heterocycles. The largest absolute Gasteiger partial charge is 0.325 e. The van der Waals surface area contributed by atoms with Crippen molar-refractivity contribution in [3.8, 4) is 6.07 Å². The van der Waals surface area contributed by atoms with E-state index in [4.69, 9.17) is 5.26 Å². The summed E-state index contributed by atoms with van der Waals surface area (Å²) >= 11 is 0. The van der Waals surface area contributed by atoms with Gasteiger partial charge in [-0.15, -0.1) is 0 Å². The van der Waals surface area contributed by atoms with Crippen molar-refractivity contribution in [2.24, 2.45) is 0 Å². The van der Waals surface area contributed by atoms with E-state index in [-0.39, 0.29) is 16.7 Å². The molecule has 0 spiro atoms. The lowest BCUT2D eigenvalue weighted by molar-refractivity contribution is -0.131. The van der Waals surface area contributed by atoms with Crippen LogP contribution in [0.2, 0.25) is 0 Å². The molecule has 1 saturated heterocycles. The Morgan fingerprint density at radius 2 is 1.85 bits per heavy atom. The molecule has 26 heavy (non-hydrogen) atoms. The fourth-order valence-corrected chi connectivity index (χ4v) is 2.82. The first-order valence-electron chi connectivity index (χ1n) is 7.54. The molecular weight excluding hydrogens is 347 g/mol. The van der Waals surface area contributed by atoms with Crippen LogP contribution < -0.4 is 5.32 Å². The molecule has 0 aliphatic carbocycles. The van der Waals surface area contributed by atoms with Gasteiger partial charge in [-0.3, -0.25) is 9.69 Å². The Morgan fingerprint density at radius 1 is 1.12 bits per heavy atom. The van der Waals surface area contributed by atoms with E-state index in [9.17, 15) is 22.8 Å². The standard InChI is InChI=1S/C18H12F3N3O2/c1-18(13-7-12(19)4-5-14(13)20)16(25)24(17(26)23-18)9-11-3-2-10(8-22)6-15(11)21/h2-7H,9H2,1H3,(H,23,26)/t18-/m1/s1. The predicted octanol–water partition coefficient (Wildman–Crippen LogP) is 2.94. The Morgan fingerprint density at radius 3 is 2.50 bits per heavy atom. The molecule has 3 amide bonds. The molecule has 0 radical (unpaired) electrons. The maximum atomic E-state index is 14.1. The van der Waals surface area contributed by atoms with Crippen molar-refractivity contribution in [3.63, 3.8) is 0 Å². The van der Waals surface area contributed by atoms with Crippen LogP contribution in [0, 0.1) is 28.8 Å². The summed E-state index contributed by atoms with van der Waals surface area (Å²) in [6.45, 7) is 0.842. The number of carbonyl (C=O) groups excluding carboxylic acids is 2. The molecule has 0 bridgehead atoms. The average Bonchev–Trinajstić information content (AvgIpc) is 2.82. The van der Waals surface area contributed by atoms with E-state index in [0.29, 0.717) is 0 Å². The van der Waals surface area contributed by atoms with Crippen molar-refractivity contribution in [2.45, 2.75) is 19.0 Å². The maximum absolute atomic E-state index is 14.1. The topological polar surface area (TPSA) is 73.2 Å². The van der Waals surface area contributed by atoms with E-state index in [1.165, 1.54) is 19.1 Å². The summed E-state index contributed by atoms with van der Waals surface area (Å²) in [5.41, 5.74) is -2.03. The highest BCUT2D eigenvalue weighted by Crippen LogP contribution is 2.32. The number of benzene rings is 2. The summed E-state index contributed by atoms with van der Waals surface area (Å²) in [6.07, 6.45) is 0. The van der Waals surface area contributed by atoms with E-state index in [0.717, 1.165) is 29.2 Å². The van der Waals surface area contributed by atoms with Gasteiger partial charge >= 0.3 is 6.03 Å². The summed E-state index contributed by atoms with van der Waals surface area (Å²) in [5.74, 6) is -3.21. The van der Waals surface area contributed by atoms with Gasteiger partial charge < -0.3 is 5.32 Å². The molecule has 0 unspecified atom stereocenters. The molecule has 0 aromatic heterocycles. The van der Waals surface area contributed by atoms with Crippen LogP contribution in [0.25, 0.3) is 0 Å². The second-order valence-corrected chi connectivity index (χ2v) is 5.99. The molecule has 5 nitrogen and oxygen atoms in total. The van der Waals surface area contributed by atoms with Gasteiger partial charge in [-0.2, -0.15) is 5.26 Å². The third kappa shape index (κ3) is 2.77. The van der Waals surface area contributed by atoms with Crippen LogP contribution >= 0.6 is 0 Å². The number of nitrogens with zero attached hydrogens (tertiary/aromatic N) is 2. The highest BCUT2D eigenvalue weighted by molar-refractivity contribution is 6.07. The molecule has 1 fully saturated rings. The van der Waals surface area contributed by atoms with Crippen molar-refractivity contribution in [3.05, 3.63) is 70.5 Å². The number of hydrogen-bond acceptors (Lipinski definition) is 3. The molecule has 0 saturated carbocycles. The Bertz CT molecular complexity index is 971. The second kappa shape index (κ2) is 6.19. The molecule has 2 aromatic carbocycles. The normalized spacial score (nSPS) is 19.4. The molecule has 1 atom stereocenters. The number of hydrogen-bond donors (Lipinski definition) is 1. The number of halogens is 3. The minimum atomic E-state index is -1.81. The SMILES string of the molecule is C[C@]1(c2cc(F)ccc2F)NC(=O)N(Cc2ccc(C#N)cc2F)C1=O. The zero-order valence-electron chi connectivity index (χ0n) is 13.5. The zero-order chi connectivity index (χ0) is 19.1. The molecule has 3 rings (SSSR count). The predicted molar refractivity (Wildman–Crippen MR) is 83.9 cm³/mol. The molecule has 8 heteroatoms. The monoisotopic (exact) mass is 359 g/mol. The number of nitrogens with one attached hydrogen (secondary N) is 1. The Labute approximate surface area is 146 Å². The summed E-state index contributed by atoms with van der Waals surface area (Å²) in [7, 11) is 0. The van der Waals surface area contributed by atoms with Crippen LogP contribution in [0.5, 0.6) is 0 Å². The average molecular weight is 359 g/mol. The Kier molecular flexibility index (Phi) is 4.16. The van der Waals surface area contributed by atoms with Gasteiger partial charge in [-0.05, 0) is 37.3 Å². The van der Waals surface area contributed by atoms with Gasteiger partial charge in [-0.1, -0.05) is 6.07 Å². The number of imide groups is 1. The fraction of sp³-hybridized carbons (Fsp3) is 0.167. The van der Waals surface area contributed by atoms with Crippen LogP contribution in [0.1, 0.15) is 23.6 Å². The van der Waals surface area contributed by atoms with Crippen LogP contribution in [0.15, 0.2) is 36.4 Å². The zero-order valence-corrected chi connectivity index (χ0v) is 13.5. The second-order valence-electron chi connectivity index (χ2n) is 5.99. The molecule has 1 heterocycles. The smallest absolute Gasteiger partial charge is 0.319 e. The van der Waals surface area contributed by atoms with Crippen LogP contribution in [-0.2, 0) is 16.9 Å². The number of urea groups is 1. The van der Waals surface area contributed by atoms with Gasteiger partial charge in [0.25, 0.3) is 5.91 Å². The molecular formula is C18H12F3N3O2. The summed E-state index contributed by atoms with van der Waals surface area (Å²) in [6, 6.07) is 7.13. The minimum Gasteiger partial charge on any atom is -0.319 e. The first kappa shape index (κ1) is 17.5. The van der Waals surface area contributed by atoms with Crippen LogP contribution in [0.3, 0.4) is 0 Å². The molecule has 1 aliphatic rings. The van der Waals surface area contributed by atoms with E-state index >= 15 is 0 Å². The first-order chi connectivity index (χ1) is 12.3. The van der Waals surface area contributed by atoms with Gasteiger partial charge in [0.15, 0.2) is 0 Å². The van der Waals surface area contributed by atoms with Crippen molar-refractivity contribution in [2.75, 3.05) is 0 Å².